The predicted octanol–water partition coefficient (Wildman–Crippen LogP) is -5.76. The number of nitrogens with one attached hydrogen (secondary N) is 3. The Bertz CT molecular complexity index is 900. The van der Waals surface area contributed by atoms with Crippen molar-refractivity contribution in [3.05, 3.63) is 11.8 Å². The third kappa shape index (κ3) is 8.35. The number of aliphatic hydroxyl groups excluding tert-OH is 4. The smallest absolute Gasteiger partial charge is 0.249 e. The monoisotopic (exact) mass is 605 g/mol. The Kier molecular flexibility index (Phi) is 12.9. The van der Waals surface area contributed by atoms with Crippen LogP contribution in [-0.4, -0.2) is 144 Å². The van der Waals surface area contributed by atoms with Crippen LogP contribution in [0.1, 0.15) is 26.2 Å². The molecule has 2 heterocycles. The Morgan fingerprint density at radius 3 is 2.62 bits per heavy atom. The highest BCUT2D eigenvalue weighted by molar-refractivity contribution is 5.80. The fraction of sp³-hybridized carbons (Fsp3) is 0.885. The lowest BCUT2D eigenvalue weighted by Gasteiger charge is -2.50. The summed E-state index contributed by atoms with van der Waals surface area (Å²) in [6, 6.07) is -3.35. The molecule has 1 saturated heterocycles. The SMILES string of the molecule is CN[C@@H]1[C@@H](O)[C@@H](O[C@H]2[C@H](NC(=O)[C@@H](O)CCN)C[C@H](N)C([C@H]3OC(CNCC(N)CO)=CC[C@H]3N)[C@@H]2O)OC[C@]1(C)O. The first-order chi connectivity index (χ1) is 19.8. The van der Waals surface area contributed by atoms with E-state index in [0.717, 1.165) is 0 Å². The number of hydrogen-bond donors (Lipinski definition) is 12. The van der Waals surface area contributed by atoms with Gasteiger partial charge in [0, 0.05) is 30.6 Å². The van der Waals surface area contributed by atoms with Crippen LogP contribution in [0.4, 0.5) is 0 Å². The fourth-order valence-corrected chi connectivity index (χ4v) is 5.97. The molecule has 1 saturated carbocycles. The molecule has 3 rings (SSSR count). The molecule has 16 heteroatoms. The first-order valence-corrected chi connectivity index (χ1v) is 14.5. The lowest BCUT2D eigenvalue weighted by molar-refractivity contribution is -0.297. The first-order valence-electron chi connectivity index (χ1n) is 14.5. The summed E-state index contributed by atoms with van der Waals surface area (Å²) in [5.41, 5.74) is 22.9. The number of hydrogen-bond acceptors (Lipinski definition) is 15. The van der Waals surface area contributed by atoms with Crippen molar-refractivity contribution in [2.45, 2.75) is 98.8 Å². The summed E-state index contributed by atoms with van der Waals surface area (Å²) in [4.78, 5) is 12.7. The maximum absolute atomic E-state index is 12.7. The van der Waals surface area contributed by atoms with E-state index in [1.54, 1.807) is 7.05 Å². The van der Waals surface area contributed by atoms with E-state index in [2.05, 4.69) is 16.0 Å². The van der Waals surface area contributed by atoms with Crippen molar-refractivity contribution in [3.8, 4) is 0 Å². The maximum atomic E-state index is 12.7. The molecule has 1 aliphatic carbocycles. The van der Waals surface area contributed by atoms with Crippen LogP contribution in [0.25, 0.3) is 0 Å². The Morgan fingerprint density at radius 1 is 1.26 bits per heavy atom. The summed E-state index contributed by atoms with van der Waals surface area (Å²) < 4.78 is 18.0. The fourth-order valence-electron chi connectivity index (χ4n) is 5.97. The summed E-state index contributed by atoms with van der Waals surface area (Å²) in [5, 5.41) is 61.4. The second-order valence-electron chi connectivity index (χ2n) is 11.8. The lowest BCUT2D eigenvalue weighted by atomic mass is 9.72. The highest BCUT2D eigenvalue weighted by Gasteiger charge is 2.53. The molecular weight excluding hydrogens is 554 g/mol. The summed E-state index contributed by atoms with van der Waals surface area (Å²) in [6.45, 7) is 1.94. The number of rotatable bonds is 13. The third-order valence-electron chi connectivity index (χ3n) is 8.30. The van der Waals surface area contributed by atoms with Crippen LogP contribution < -0.4 is 38.9 Å². The van der Waals surface area contributed by atoms with Gasteiger partial charge in [-0.1, -0.05) is 0 Å². The molecule has 0 radical (unpaired) electrons. The standard InChI is InChI=1S/C26H51N7O9/c1-26(39)11-40-25(20(37)23(26)31-2)42-22-16(33-24(38)17(35)5-6-27)7-15(30)18(19(22)36)21-14(29)4-3-13(41-21)9-32-8-12(28)10-34/h3,12,14-23,25,31-32,34-37,39H,4-11,27-30H2,1-2H3,(H,33,38)/t12?,14-,15+,16-,17+,18?,19+,20-,21+,22+,23-,25-,26+/m1/s1. The highest BCUT2D eigenvalue weighted by atomic mass is 16.7. The molecule has 0 spiro atoms. The average Bonchev–Trinajstić information content (AvgIpc) is 2.93. The number of likely N-dealkylation sites (N-methyl/N-ethyl adjacent to an activating group) is 1. The number of carbonyl (C=O) groups is 1. The molecule has 0 aromatic heterocycles. The van der Waals surface area contributed by atoms with Crippen LogP contribution in [0.2, 0.25) is 0 Å². The second-order valence-corrected chi connectivity index (χ2v) is 11.8. The van der Waals surface area contributed by atoms with E-state index in [1.165, 1.54) is 6.92 Å². The molecule has 13 atom stereocenters. The zero-order valence-electron chi connectivity index (χ0n) is 24.3. The van der Waals surface area contributed by atoms with E-state index in [1.807, 2.05) is 6.08 Å². The van der Waals surface area contributed by atoms with Crippen molar-refractivity contribution in [1.29, 1.82) is 0 Å². The van der Waals surface area contributed by atoms with Gasteiger partial charge in [-0.15, -0.1) is 0 Å². The van der Waals surface area contributed by atoms with Gasteiger partial charge in [0.25, 0.3) is 0 Å². The van der Waals surface area contributed by atoms with Gasteiger partial charge in [0.1, 0.15) is 35.8 Å². The number of ether oxygens (including phenoxy) is 3. The quantitative estimate of drug-likeness (QED) is 0.0931. The van der Waals surface area contributed by atoms with Gasteiger partial charge >= 0.3 is 0 Å². The summed E-state index contributed by atoms with van der Waals surface area (Å²) in [7, 11) is 1.58. The van der Waals surface area contributed by atoms with Crippen molar-refractivity contribution < 1.29 is 44.5 Å². The Balaban J connectivity index is 1.82. The van der Waals surface area contributed by atoms with Crippen molar-refractivity contribution in [2.75, 3.05) is 39.9 Å². The van der Waals surface area contributed by atoms with E-state index < -0.39 is 84.4 Å². The summed E-state index contributed by atoms with van der Waals surface area (Å²) in [6.07, 6.45) is -4.78. The molecule has 0 aromatic carbocycles. The van der Waals surface area contributed by atoms with Crippen LogP contribution in [-0.2, 0) is 19.0 Å². The van der Waals surface area contributed by atoms with Gasteiger partial charge < -0.3 is 78.6 Å². The topological polar surface area (TPSA) is 286 Å². The molecule has 16 N–H and O–H groups in total. The van der Waals surface area contributed by atoms with Crippen LogP contribution in [0, 0.1) is 5.92 Å². The first kappa shape index (κ1) is 35.0. The highest BCUT2D eigenvalue weighted by Crippen LogP contribution is 2.36. The zero-order valence-corrected chi connectivity index (χ0v) is 24.3. The Morgan fingerprint density at radius 2 is 1.98 bits per heavy atom. The van der Waals surface area contributed by atoms with Gasteiger partial charge in [0.2, 0.25) is 5.91 Å². The Labute approximate surface area is 246 Å². The van der Waals surface area contributed by atoms with Crippen LogP contribution in [0.3, 0.4) is 0 Å². The molecule has 244 valence electrons. The molecule has 0 bridgehead atoms. The molecule has 1 amide bonds. The zero-order chi connectivity index (χ0) is 31.2. The third-order valence-corrected chi connectivity index (χ3v) is 8.30. The second kappa shape index (κ2) is 15.5. The van der Waals surface area contributed by atoms with E-state index in [-0.39, 0.29) is 32.6 Å². The van der Waals surface area contributed by atoms with E-state index in [9.17, 15) is 25.2 Å². The van der Waals surface area contributed by atoms with Crippen molar-refractivity contribution >= 4 is 5.91 Å². The molecule has 3 aliphatic rings. The van der Waals surface area contributed by atoms with Crippen LogP contribution >= 0.6 is 0 Å². The van der Waals surface area contributed by atoms with Gasteiger partial charge in [-0.2, -0.15) is 0 Å². The van der Waals surface area contributed by atoms with Gasteiger partial charge in [-0.25, -0.2) is 0 Å². The van der Waals surface area contributed by atoms with Crippen molar-refractivity contribution in [3.63, 3.8) is 0 Å². The van der Waals surface area contributed by atoms with Gasteiger partial charge in [0.05, 0.1) is 37.9 Å². The maximum Gasteiger partial charge on any atom is 0.249 e. The minimum Gasteiger partial charge on any atom is -0.492 e. The number of nitrogens with two attached hydrogens (primary N) is 4. The predicted molar refractivity (Wildman–Crippen MR) is 151 cm³/mol. The van der Waals surface area contributed by atoms with Crippen LogP contribution in [0.15, 0.2) is 11.8 Å². The summed E-state index contributed by atoms with van der Waals surface area (Å²) >= 11 is 0. The largest absolute Gasteiger partial charge is 0.492 e. The van der Waals surface area contributed by atoms with E-state index in [0.29, 0.717) is 25.3 Å². The van der Waals surface area contributed by atoms with E-state index in [4.69, 9.17) is 42.3 Å². The summed E-state index contributed by atoms with van der Waals surface area (Å²) in [5.74, 6) is -0.880. The normalized spacial score (nSPS) is 40.5. The molecule has 2 unspecified atom stereocenters. The van der Waals surface area contributed by atoms with E-state index >= 15 is 0 Å². The lowest BCUT2D eigenvalue weighted by Crippen LogP contribution is -2.69. The minimum absolute atomic E-state index is 0.0296. The average molecular weight is 606 g/mol. The number of amides is 1. The number of carbonyl (C=O) groups excluding carboxylic acids is 1. The van der Waals surface area contributed by atoms with Crippen LogP contribution in [0.5, 0.6) is 0 Å². The minimum atomic E-state index is -1.40. The molecule has 0 aromatic rings. The molecule has 42 heavy (non-hydrogen) atoms. The number of aliphatic hydroxyl groups is 5. The molecule has 2 aliphatic heterocycles. The molecular formula is C26H51N7O9. The van der Waals surface area contributed by atoms with Gasteiger partial charge in [0.15, 0.2) is 6.29 Å². The Hall–Kier alpha value is -1.51. The van der Waals surface area contributed by atoms with Gasteiger partial charge in [-0.3, -0.25) is 4.79 Å². The van der Waals surface area contributed by atoms with Crippen molar-refractivity contribution in [2.24, 2.45) is 28.9 Å². The molecule has 2 fully saturated rings. The van der Waals surface area contributed by atoms with Crippen molar-refractivity contribution in [1.82, 2.24) is 16.0 Å². The molecule has 16 nitrogen and oxygen atoms in total. The van der Waals surface area contributed by atoms with Gasteiger partial charge in [-0.05, 0) is 45.9 Å².